The molecule has 0 aromatic heterocycles. The predicted molar refractivity (Wildman–Crippen MR) is 57.2 cm³/mol. The van der Waals surface area contributed by atoms with Crippen molar-refractivity contribution < 1.29 is 32.1 Å². The monoisotopic (exact) mass is 280 g/mol. The van der Waals surface area contributed by atoms with Crippen molar-refractivity contribution in [3.8, 4) is 5.75 Å². The van der Waals surface area contributed by atoms with Gasteiger partial charge in [0.2, 0.25) is 0 Å². The summed E-state index contributed by atoms with van der Waals surface area (Å²) in [5.41, 5.74) is -1.38. The summed E-state index contributed by atoms with van der Waals surface area (Å²) in [7, 11) is 1.37. The largest absolute Gasteiger partial charge is 0.487 e. The average Bonchev–Trinajstić information content (AvgIpc) is 2.29. The molecule has 106 valence electrons. The molecule has 2 rings (SSSR count). The summed E-state index contributed by atoms with van der Waals surface area (Å²) in [5.74, 6) is -1.45. The van der Waals surface area contributed by atoms with E-state index in [4.69, 9.17) is 9.47 Å². The van der Waals surface area contributed by atoms with Crippen molar-refractivity contribution >= 4 is 0 Å². The van der Waals surface area contributed by atoms with E-state index in [1.165, 1.54) is 7.11 Å². The fraction of sp³-hybridized carbons (Fsp3) is 0.500. The van der Waals surface area contributed by atoms with Gasteiger partial charge in [0.05, 0.1) is 11.7 Å². The van der Waals surface area contributed by atoms with Gasteiger partial charge in [-0.1, -0.05) is 0 Å². The highest BCUT2D eigenvalue weighted by molar-refractivity contribution is 5.32. The lowest BCUT2D eigenvalue weighted by Gasteiger charge is -2.40. The first-order chi connectivity index (χ1) is 8.82. The number of ether oxygens (including phenoxy) is 2. The first-order valence-corrected chi connectivity index (χ1v) is 5.57. The molecule has 1 N–H and O–H groups in total. The van der Waals surface area contributed by atoms with Crippen molar-refractivity contribution in [1.82, 2.24) is 0 Å². The highest BCUT2D eigenvalue weighted by Crippen LogP contribution is 2.35. The molecule has 0 heterocycles. The summed E-state index contributed by atoms with van der Waals surface area (Å²) in [6.45, 7) is 0. The quantitative estimate of drug-likeness (QED) is 0.864. The molecule has 3 nitrogen and oxygen atoms in total. The van der Waals surface area contributed by atoms with Crippen LogP contribution in [0.15, 0.2) is 18.2 Å². The molecule has 3 unspecified atom stereocenters. The Hall–Kier alpha value is -1.34. The number of methoxy groups -OCH3 is 1. The molecule has 7 heteroatoms. The zero-order valence-electron chi connectivity index (χ0n) is 9.95. The van der Waals surface area contributed by atoms with E-state index in [2.05, 4.69) is 0 Å². The molecule has 19 heavy (non-hydrogen) atoms. The maximum absolute atomic E-state index is 13.1. The lowest BCUT2D eigenvalue weighted by molar-refractivity contribution is -0.150. The molecular formula is C12H12F4O3. The maximum atomic E-state index is 13.1. The second-order valence-electron chi connectivity index (χ2n) is 4.30. The molecule has 3 atom stereocenters. The molecule has 1 saturated carbocycles. The van der Waals surface area contributed by atoms with E-state index < -0.39 is 35.9 Å². The standard InChI is InChI=1S/C12H12F4O3/c1-18-11-9(17)5-10(11)19-6-2-3-8(13)7(4-6)12(14,15)16/h2-4,9-11,17H,5H2,1H3. The zero-order chi connectivity index (χ0) is 14.2. The molecule has 1 fully saturated rings. The Balaban J connectivity index is 2.14. The van der Waals surface area contributed by atoms with Crippen LogP contribution < -0.4 is 4.74 Å². The molecule has 1 aromatic rings. The maximum Gasteiger partial charge on any atom is 0.419 e. The van der Waals surface area contributed by atoms with E-state index >= 15 is 0 Å². The zero-order valence-corrected chi connectivity index (χ0v) is 9.95. The van der Waals surface area contributed by atoms with Crippen LogP contribution in [0.1, 0.15) is 12.0 Å². The van der Waals surface area contributed by atoms with Gasteiger partial charge in [-0.3, -0.25) is 0 Å². The van der Waals surface area contributed by atoms with E-state index in [0.29, 0.717) is 12.1 Å². The third-order valence-electron chi connectivity index (χ3n) is 3.02. The summed E-state index contributed by atoms with van der Waals surface area (Å²) in [5, 5.41) is 9.34. The molecular weight excluding hydrogens is 268 g/mol. The SMILES string of the molecule is COC1C(O)CC1Oc1ccc(F)c(C(F)(F)F)c1. The fourth-order valence-corrected chi connectivity index (χ4v) is 1.95. The highest BCUT2D eigenvalue weighted by Gasteiger charge is 2.42. The van der Waals surface area contributed by atoms with Gasteiger partial charge in [0.1, 0.15) is 23.8 Å². The van der Waals surface area contributed by atoms with Crippen molar-refractivity contribution in [2.24, 2.45) is 0 Å². The van der Waals surface area contributed by atoms with Crippen LogP contribution in [-0.4, -0.2) is 30.5 Å². The van der Waals surface area contributed by atoms with Crippen molar-refractivity contribution in [3.05, 3.63) is 29.6 Å². The van der Waals surface area contributed by atoms with Crippen LogP contribution in [-0.2, 0) is 10.9 Å². The van der Waals surface area contributed by atoms with Crippen LogP contribution in [0.4, 0.5) is 17.6 Å². The van der Waals surface area contributed by atoms with Crippen LogP contribution in [0, 0.1) is 5.82 Å². The second-order valence-corrected chi connectivity index (χ2v) is 4.30. The molecule has 1 aliphatic carbocycles. The van der Waals surface area contributed by atoms with Gasteiger partial charge in [0.25, 0.3) is 0 Å². The summed E-state index contributed by atoms with van der Waals surface area (Å²) in [4.78, 5) is 0. The van der Waals surface area contributed by atoms with Crippen molar-refractivity contribution in [2.45, 2.75) is 30.9 Å². The number of rotatable bonds is 3. The van der Waals surface area contributed by atoms with Gasteiger partial charge in [-0.2, -0.15) is 13.2 Å². The van der Waals surface area contributed by atoms with Crippen molar-refractivity contribution in [2.75, 3.05) is 7.11 Å². The summed E-state index contributed by atoms with van der Waals surface area (Å²) < 4.78 is 60.8. The van der Waals surface area contributed by atoms with Gasteiger partial charge in [0.15, 0.2) is 0 Å². The first-order valence-electron chi connectivity index (χ1n) is 5.57. The molecule has 1 aromatic carbocycles. The van der Waals surface area contributed by atoms with E-state index in [1.54, 1.807) is 0 Å². The van der Waals surface area contributed by atoms with Gasteiger partial charge in [-0.25, -0.2) is 4.39 Å². The van der Waals surface area contributed by atoms with Crippen LogP contribution in [0.3, 0.4) is 0 Å². The van der Waals surface area contributed by atoms with Gasteiger partial charge < -0.3 is 14.6 Å². The highest BCUT2D eigenvalue weighted by atomic mass is 19.4. The van der Waals surface area contributed by atoms with E-state index in [1.807, 2.05) is 0 Å². The predicted octanol–water partition coefficient (Wildman–Crippen LogP) is 2.37. The second kappa shape index (κ2) is 4.97. The Kier molecular flexibility index (Phi) is 3.69. The van der Waals surface area contributed by atoms with Crippen LogP contribution in [0.5, 0.6) is 5.75 Å². The Morgan fingerprint density at radius 3 is 2.53 bits per heavy atom. The number of alkyl halides is 3. The Bertz CT molecular complexity index is 461. The molecule has 0 amide bonds. The summed E-state index contributed by atoms with van der Waals surface area (Å²) >= 11 is 0. The van der Waals surface area contributed by atoms with Crippen LogP contribution >= 0.6 is 0 Å². The Labute approximate surface area is 106 Å². The van der Waals surface area contributed by atoms with E-state index in [-0.39, 0.29) is 12.2 Å². The van der Waals surface area contributed by atoms with Gasteiger partial charge in [0, 0.05) is 13.5 Å². The average molecular weight is 280 g/mol. The van der Waals surface area contributed by atoms with Gasteiger partial charge in [-0.15, -0.1) is 0 Å². The molecule has 0 bridgehead atoms. The Morgan fingerprint density at radius 2 is 2.00 bits per heavy atom. The molecule has 0 aliphatic heterocycles. The van der Waals surface area contributed by atoms with Crippen LogP contribution in [0.25, 0.3) is 0 Å². The summed E-state index contributed by atoms with van der Waals surface area (Å²) in [6.07, 6.45) is -6.33. The molecule has 0 spiro atoms. The molecule has 0 saturated heterocycles. The van der Waals surface area contributed by atoms with E-state index in [0.717, 1.165) is 6.07 Å². The first kappa shape index (κ1) is 14.1. The number of halogens is 4. The normalized spacial score (nSPS) is 26.9. The fourth-order valence-electron chi connectivity index (χ4n) is 1.95. The third-order valence-corrected chi connectivity index (χ3v) is 3.02. The van der Waals surface area contributed by atoms with Crippen molar-refractivity contribution in [3.63, 3.8) is 0 Å². The molecule has 1 aliphatic rings. The van der Waals surface area contributed by atoms with E-state index in [9.17, 15) is 22.7 Å². The number of hydrogen-bond acceptors (Lipinski definition) is 3. The Morgan fingerprint density at radius 1 is 1.32 bits per heavy atom. The van der Waals surface area contributed by atoms with Gasteiger partial charge in [-0.05, 0) is 18.2 Å². The minimum atomic E-state index is -4.77. The smallest absolute Gasteiger partial charge is 0.419 e. The minimum absolute atomic E-state index is 0.104. The lowest BCUT2D eigenvalue weighted by Crippen LogP contribution is -2.54. The van der Waals surface area contributed by atoms with Crippen molar-refractivity contribution in [1.29, 1.82) is 0 Å². The number of benzene rings is 1. The van der Waals surface area contributed by atoms with Gasteiger partial charge >= 0.3 is 6.18 Å². The molecule has 0 radical (unpaired) electrons. The number of hydrogen-bond donors (Lipinski definition) is 1. The summed E-state index contributed by atoms with van der Waals surface area (Å²) in [6, 6.07) is 2.42. The third kappa shape index (κ3) is 2.82. The lowest BCUT2D eigenvalue weighted by atomic mass is 9.88. The minimum Gasteiger partial charge on any atom is -0.487 e. The van der Waals surface area contributed by atoms with Crippen LogP contribution in [0.2, 0.25) is 0 Å². The number of aliphatic hydroxyl groups excluding tert-OH is 1. The topological polar surface area (TPSA) is 38.7 Å². The number of aliphatic hydroxyl groups is 1.